The zero-order chi connectivity index (χ0) is 20.5. The van der Waals surface area contributed by atoms with Crippen LogP contribution in [0.5, 0.6) is 0 Å². The van der Waals surface area contributed by atoms with Crippen LogP contribution in [0, 0.1) is 0 Å². The fraction of sp³-hybridized carbons (Fsp3) is 0.391. The summed E-state index contributed by atoms with van der Waals surface area (Å²) in [4.78, 5) is 19.1. The first-order chi connectivity index (χ1) is 14.2. The summed E-state index contributed by atoms with van der Waals surface area (Å²) in [6, 6.07) is 15.8. The number of aromatic nitrogens is 1. The molecule has 0 aliphatic carbocycles. The molecule has 1 heterocycles. The maximum absolute atomic E-state index is 11.3. The number of aromatic carboxylic acids is 1. The van der Waals surface area contributed by atoms with Crippen LogP contribution in [0.15, 0.2) is 57.8 Å². The first-order valence-corrected chi connectivity index (χ1v) is 11.2. The van der Waals surface area contributed by atoms with Crippen LogP contribution in [-0.2, 0) is 0 Å². The summed E-state index contributed by atoms with van der Waals surface area (Å²) < 4.78 is 5.97. The Morgan fingerprint density at radius 3 is 2.52 bits per heavy atom. The molecule has 0 aliphatic heterocycles. The molecule has 3 aromatic rings. The van der Waals surface area contributed by atoms with E-state index < -0.39 is 5.97 Å². The highest BCUT2D eigenvalue weighted by Gasteiger charge is 2.14. The maximum Gasteiger partial charge on any atom is 0.336 e. The van der Waals surface area contributed by atoms with Gasteiger partial charge in [-0.3, -0.25) is 0 Å². The molecular weight excluding hydrogens is 384 g/mol. The molecule has 0 bridgehead atoms. The molecule has 2 aromatic carbocycles. The molecule has 29 heavy (non-hydrogen) atoms. The molecule has 154 valence electrons. The van der Waals surface area contributed by atoms with E-state index in [1.54, 1.807) is 23.9 Å². The van der Waals surface area contributed by atoms with Crippen molar-refractivity contribution >= 4 is 34.8 Å². The monoisotopic (exact) mass is 412 g/mol. The fourth-order valence-electron chi connectivity index (χ4n) is 3.21. The molecule has 0 saturated carbocycles. The van der Waals surface area contributed by atoms with Gasteiger partial charge in [0.25, 0.3) is 6.01 Å². The van der Waals surface area contributed by atoms with Gasteiger partial charge in [0.2, 0.25) is 0 Å². The highest BCUT2D eigenvalue weighted by Crippen LogP contribution is 2.25. The van der Waals surface area contributed by atoms with E-state index in [9.17, 15) is 9.90 Å². The van der Waals surface area contributed by atoms with Gasteiger partial charge in [0.1, 0.15) is 5.52 Å². The van der Waals surface area contributed by atoms with Crippen molar-refractivity contribution in [3.8, 4) is 0 Å². The number of hydrogen-bond acceptors (Lipinski definition) is 5. The van der Waals surface area contributed by atoms with Gasteiger partial charge < -0.3 is 14.4 Å². The molecule has 1 aromatic heterocycles. The topological polar surface area (TPSA) is 66.6 Å². The van der Waals surface area contributed by atoms with E-state index in [0.29, 0.717) is 11.6 Å². The highest BCUT2D eigenvalue weighted by molar-refractivity contribution is 7.99. The lowest BCUT2D eigenvalue weighted by atomic mass is 10.2. The number of carboxylic acids is 1. The molecule has 0 saturated heterocycles. The summed E-state index contributed by atoms with van der Waals surface area (Å²) in [7, 11) is 0. The minimum absolute atomic E-state index is 0.380. The molecule has 0 spiro atoms. The van der Waals surface area contributed by atoms with Gasteiger partial charge in [-0.2, -0.15) is 4.98 Å². The van der Waals surface area contributed by atoms with E-state index in [-0.39, 0.29) is 0 Å². The van der Waals surface area contributed by atoms with Gasteiger partial charge in [-0.15, -0.1) is 11.8 Å². The molecular formula is C23H28N2O3S. The summed E-state index contributed by atoms with van der Waals surface area (Å²) in [6.45, 7) is 4.03. The molecule has 0 atom stereocenters. The number of thioether (sulfide) groups is 1. The number of carbonyl (C=O) groups is 1. The molecule has 0 unspecified atom stereocenters. The van der Waals surface area contributed by atoms with E-state index in [4.69, 9.17) is 4.42 Å². The number of nitrogens with zero attached hydrogens (tertiary/aromatic N) is 2. The van der Waals surface area contributed by atoms with Crippen LogP contribution < -0.4 is 4.90 Å². The number of benzene rings is 2. The molecule has 0 aliphatic rings. The van der Waals surface area contributed by atoms with Gasteiger partial charge in [0.05, 0.1) is 5.56 Å². The van der Waals surface area contributed by atoms with Crippen molar-refractivity contribution in [3.63, 3.8) is 0 Å². The summed E-state index contributed by atoms with van der Waals surface area (Å²) >= 11 is 1.61. The highest BCUT2D eigenvalue weighted by atomic mass is 32.2. The Labute approximate surface area is 176 Å². The lowest BCUT2D eigenvalue weighted by Crippen LogP contribution is -2.26. The van der Waals surface area contributed by atoms with Crippen molar-refractivity contribution in [3.05, 3.63) is 54.1 Å². The Balaban J connectivity index is 1.54. The maximum atomic E-state index is 11.3. The Morgan fingerprint density at radius 2 is 1.76 bits per heavy atom. The first kappa shape index (κ1) is 21.2. The molecule has 6 heteroatoms. The molecule has 0 fully saturated rings. The number of oxazole rings is 1. The van der Waals surface area contributed by atoms with Crippen LogP contribution in [0.2, 0.25) is 0 Å². The largest absolute Gasteiger partial charge is 0.478 e. The summed E-state index contributed by atoms with van der Waals surface area (Å²) in [5.74, 6) is 0.0202. The standard InChI is InChI=1S/C23H28N2O3S/c1-2-3-8-15-25(23-24-19-12-5-6-13-20(19)28-23)16-9-10-17-29-21-14-7-4-11-18(21)22(26)27/h4-7,11-14H,2-3,8-10,15-17H2,1H3,(H,26,27). The normalized spacial score (nSPS) is 11.1. The van der Waals surface area contributed by atoms with Gasteiger partial charge >= 0.3 is 5.97 Å². The second kappa shape index (κ2) is 10.9. The lowest BCUT2D eigenvalue weighted by Gasteiger charge is -2.20. The number of fused-ring (bicyclic) bond motifs is 1. The van der Waals surface area contributed by atoms with Crippen molar-refractivity contribution in [2.24, 2.45) is 0 Å². The van der Waals surface area contributed by atoms with Crippen LogP contribution >= 0.6 is 11.8 Å². The molecule has 0 radical (unpaired) electrons. The van der Waals surface area contributed by atoms with Crippen LogP contribution in [0.1, 0.15) is 49.4 Å². The smallest absolute Gasteiger partial charge is 0.336 e. The van der Waals surface area contributed by atoms with Gasteiger partial charge in [0, 0.05) is 18.0 Å². The summed E-state index contributed by atoms with van der Waals surface area (Å²) in [6.07, 6.45) is 5.51. The van der Waals surface area contributed by atoms with Crippen LogP contribution in [0.4, 0.5) is 6.01 Å². The van der Waals surface area contributed by atoms with E-state index in [1.165, 1.54) is 12.8 Å². The number of unbranched alkanes of at least 4 members (excludes halogenated alkanes) is 3. The number of hydrogen-bond donors (Lipinski definition) is 1. The third-order valence-electron chi connectivity index (χ3n) is 4.78. The van der Waals surface area contributed by atoms with Crippen LogP contribution in [-0.4, -0.2) is 34.9 Å². The average molecular weight is 413 g/mol. The second-order valence-corrected chi connectivity index (χ2v) is 8.15. The fourth-order valence-corrected chi connectivity index (χ4v) is 4.26. The third-order valence-corrected chi connectivity index (χ3v) is 5.94. The van der Waals surface area contributed by atoms with Gasteiger partial charge in [-0.1, -0.05) is 44.0 Å². The van der Waals surface area contributed by atoms with Crippen molar-refractivity contribution in [2.75, 3.05) is 23.7 Å². The number of para-hydroxylation sites is 2. The number of anilines is 1. The Morgan fingerprint density at radius 1 is 1.03 bits per heavy atom. The Hall–Kier alpha value is -2.47. The zero-order valence-electron chi connectivity index (χ0n) is 16.8. The van der Waals surface area contributed by atoms with Crippen LogP contribution in [0.3, 0.4) is 0 Å². The van der Waals surface area contributed by atoms with E-state index in [2.05, 4.69) is 16.8 Å². The quantitative estimate of drug-likeness (QED) is 0.287. The Bertz CT molecular complexity index is 892. The van der Waals surface area contributed by atoms with Gasteiger partial charge in [-0.05, 0) is 49.3 Å². The van der Waals surface area contributed by atoms with Crippen molar-refractivity contribution < 1.29 is 14.3 Å². The SMILES string of the molecule is CCCCCN(CCCCSc1ccccc1C(=O)O)c1nc2ccccc2o1. The van der Waals surface area contributed by atoms with E-state index in [1.807, 2.05) is 36.4 Å². The summed E-state index contributed by atoms with van der Waals surface area (Å²) in [5.41, 5.74) is 2.10. The second-order valence-electron chi connectivity index (χ2n) is 7.02. The van der Waals surface area contributed by atoms with E-state index in [0.717, 1.165) is 54.1 Å². The molecule has 3 rings (SSSR count). The van der Waals surface area contributed by atoms with Crippen molar-refractivity contribution in [1.82, 2.24) is 4.98 Å². The van der Waals surface area contributed by atoms with E-state index >= 15 is 0 Å². The minimum atomic E-state index is -0.869. The third kappa shape index (κ3) is 6.00. The Kier molecular flexibility index (Phi) is 7.99. The molecule has 0 amide bonds. The van der Waals surface area contributed by atoms with Crippen molar-refractivity contribution in [2.45, 2.75) is 43.9 Å². The van der Waals surface area contributed by atoms with Crippen molar-refractivity contribution in [1.29, 1.82) is 0 Å². The van der Waals surface area contributed by atoms with Crippen LogP contribution in [0.25, 0.3) is 11.1 Å². The number of carboxylic acid groups (broad SMARTS) is 1. The molecule has 5 nitrogen and oxygen atoms in total. The van der Waals surface area contributed by atoms with Gasteiger partial charge in [-0.25, -0.2) is 4.79 Å². The molecule has 1 N–H and O–H groups in total. The average Bonchev–Trinajstić information content (AvgIpc) is 3.16. The predicted molar refractivity (Wildman–Crippen MR) is 119 cm³/mol. The number of rotatable bonds is 12. The summed E-state index contributed by atoms with van der Waals surface area (Å²) in [5, 5.41) is 9.29. The van der Waals surface area contributed by atoms with Gasteiger partial charge in [0.15, 0.2) is 5.58 Å². The zero-order valence-corrected chi connectivity index (χ0v) is 17.7. The minimum Gasteiger partial charge on any atom is -0.478 e. The first-order valence-electron chi connectivity index (χ1n) is 10.2. The predicted octanol–water partition coefficient (Wildman–Crippen LogP) is 6.10. The lowest BCUT2D eigenvalue weighted by molar-refractivity contribution is 0.0693.